The molecule has 0 aliphatic carbocycles. The molecule has 3 N–H and O–H groups in total. The highest BCUT2D eigenvalue weighted by molar-refractivity contribution is 5.46. The Balaban J connectivity index is 2.21. The highest BCUT2D eigenvalue weighted by Gasteiger charge is 2.14. The zero-order valence-corrected chi connectivity index (χ0v) is 10.2. The second-order valence-corrected chi connectivity index (χ2v) is 4.04. The Hall–Kier alpha value is -2.07. The van der Waals surface area contributed by atoms with Crippen LogP contribution >= 0.6 is 0 Å². The van der Waals surface area contributed by atoms with Crippen LogP contribution in [0.1, 0.15) is 17.2 Å². The highest BCUT2D eigenvalue weighted by atomic mass is 16.5. The van der Waals surface area contributed by atoms with E-state index < -0.39 is 6.10 Å². The van der Waals surface area contributed by atoms with E-state index in [1.54, 1.807) is 25.6 Å². The zero-order chi connectivity index (χ0) is 13.0. The molecule has 0 saturated heterocycles. The van der Waals surface area contributed by atoms with Crippen molar-refractivity contribution >= 4 is 5.69 Å². The van der Waals surface area contributed by atoms with Gasteiger partial charge in [-0.3, -0.25) is 4.98 Å². The van der Waals surface area contributed by atoms with Crippen molar-refractivity contribution < 1.29 is 9.84 Å². The SMILES string of the molecule is COc1ccccc1CC(O)c1cnccc1N. The van der Waals surface area contributed by atoms with Crippen LogP contribution in [-0.4, -0.2) is 17.2 Å². The van der Waals surface area contributed by atoms with Gasteiger partial charge in [0.1, 0.15) is 5.75 Å². The van der Waals surface area contributed by atoms with Crippen LogP contribution in [0, 0.1) is 0 Å². The van der Waals surface area contributed by atoms with E-state index in [0.29, 0.717) is 17.7 Å². The Morgan fingerprint density at radius 3 is 2.83 bits per heavy atom. The number of nitrogens with two attached hydrogens (primary N) is 1. The lowest BCUT2D eigenvalue weighted by atomic mass is 10.0. The summed E-state index contributed by atoms with van der Waals surface area (Å²) in [6.45, 7) is 0. The molecule has 0 spiro atoms. The number of ether oxygens (including phenoxy) is 1. The van der Waals surface area contributed by atoms with Crippen LogP contribution in [0.15, 0.2) is 42.7 Å². The van der Waals surface area contributed by atoms with Crippen molar-refractivity contribution in [1.29, 1.82) is 0 Å². The van der Waals surface area contributed by atoms with Gasteiger partial charge in [-0.2, -0.15) is 0 Å². The van der Waals surface area contributed by atoms with Crippen LogP contribution in [0.25, 0.3) is 0 Å². The van der Waals surface area contributed by atoms with Crippen molar-refractivity contribution in [3.8, 4) is 5.75 Å². The minimum absolute atomic E-state index is 0.444. The summed E-state index contributed by atoms with van der Waals surface area (Å²) in [4.78, 5) is 3.98. The smallest absolute Gasteiger partial charge is 0.122 e. The first-order valence-corrected chi connectivity index (χ1v) is 5.71. The number of anilines is 1. The molecule has 1 heterocycles. The van der Waals surface area contributed by atoms with Crippen LogP contribution in [0.5, 0.6) is 5.75 Å². The number of hydrogen-bond acceptors (Lipinski definition) is 4. The monoisotopic (exact) mass is 244 g/mol. The number of nitrogen functional groups attached to an aromatic ring is 1. The first-order chi connectivity index (χ1) is 8.72. The molecule has 1 aromatic carbocycles. The van der Waals surface area contributed by atoms with E-state index >= 15 is 0 Å². The van der Waals surface area contributed by atoms with Gasteiger partial charge in [0.05, 0.1) is 13.2 Å². The summed E-state index contributed by atoms with van der Waals surface area (Å²) in [6, 6.07) is 9.29. The van der Waals surface area contributed by atoms with Crippen molar-refractivity contribution in [3.05, 3.63) is 53.9 Å². The number of aliphatic hydroxyl groups excluding tert-OH is 1. The molecule has 0 aliphatic heterocycles. The second kappa shape index (κ2) is 5.51. The summed E-state index contributed by atoms with van der Waals surface area (Å²) >= 11 is 0. The standard InChI is InChI=1S/C14H16N2O2/c1-18-14-5-3-2-4-10(14)8-13(17)11-9-16-7-6-12(11)15/h2-7,9,13,17H,8H2,1H3,(H2,15,16). The molecule has 0 saturated carbocycles. The molecule has 1 atom stereocenters. The molecule has 0 aliphatic rings. The third-order valence-electron chi connectivity index (χ3n) is 2.85. The zero-order valence-electron chi connectivity index (χ0n) is 10.2. The van der Waals surface area contributed by atoms with Crippen LogP contribution in [0.2, 0.25) is 0 Å². The Bertz CT molecular complexity index is 529. The minimum Gasteiger partial charge on any atom is -0.496 e. The van der Waals surface area contributed by atoms with E-state index in [9.17, 15) is 5.11 Å². The molecule has 0 radical (unpaired) electrons. The van der Waals surface area contributed by atoms with Gasteiger partial charge in [0, 0.05) is 30.1 Å². The summed E-state index contributed by atoms with van der Waals surface area (Å²) < 4.78 is 5.25. The fourth-order valence-corrected chi connectivity index (χ4v) is 1.89. The first-order valence-electron chi connectivity index (χ1n) is 5.71. The summed E-state index contributed by atoms with van der Waals surface area (Å²) in [6.07, 6.45) is 2.96. The predicted molar refractivity (Wildman–Crippen MR) is 70.3 cm³/mol. The fourth-order valence-electron chi connectivity index (χ4n) is 1.89. The van der Waals surface area contributed by atoms with Crippen molar-refractivity contribution in [1.82, 2.24) is 4.98 Å². The van der Waals surface area contributed by atoms with E-state index in [1.165, 1.54) is 0 Å². The van der Waals surface area contributed by atoms with Gasteiger partial charge in [0.2, 0.25) is 0 Å². The van der Waals surface area contributed by atoms with Gasteiger partial charge in [0.15, 0.2) is 0 Å². The Morgan fingerprint density at radius 2 is 2.11 bits per heavy atom. The molecule has 0 amide bonds. The molecule has 2 aromatic rings. The molecular weight excluding hydrogens is 228 g/mol. The quantitative estimate of drug-likeness (QED) is 0.862. The number of methoxy groups -OCH3 is 1. The predicted octanol–water partition coefficient (Wildman–Crippen LogP) is 1.95. The molecule has 4 heteroatoms. The Labute approximate surface area is 106 Å². The largest absolute Gasteiger partial charge is 0.496 e. The van der Waals surface area contributed by atoms with Gasteiger partial charge in [-0.15, -0.1) is 0 Å². The van der Waals surface area contributed by atoms with Crippen molar-refractivity contribution in [2.24, 2.45) is 0 Å². The average Bonchev–Trinajstić information content (AvgIpc) is 2.39. The number of benzene rings is 1. The van der Waals surface area contributed by atoms with E-state index in [4.69, 9.17) is 10.5 Å². The van der Waals surface area contributed by atoms with E-state index in [0.717, 1.165) is 11.3 Å². The maximum atomic E-state index is 10.2. The lowest BCUT2D eigenvalue weighted by molar-refractivity contribution is 0.177. The van der Waals surface area contributed by atoms with Crippen molar-refractivity contribution in [3.63, 3.8) is 0 Å². The minimum atomic E-state index is -0.685. The van der Waals surface area contributed by atoms with Gasteiger partial charge in [-0.1, -0.05) is 18.2 Å². The van der Waals surface area contributed by atoms with Crippen molar-refractivity contribution in [2.45, 2.75) is 12.5 Å². The Morgan fingerprint density at radius 1 is 1.33 bits per heavy atom. The molecule has 1 aromatic heterocycles. The average molecular weight is 244 g/mol. The number of rotatable bonds is 4. The molecule has 1 unspecified atom stereocenters. The number of pyridine rings is 1. The number of aromatic nitrogens is 1. The third kappa shape index (κ3) is 2.60. The molecular formula is C14H16N2O2. The third-order valence-corrected chi connectivity index (χ3v) is 2.85. The van der Waals surface area contributed by atoms with Gasteiger partial charge in [-0.05, 0) is 17.7 Å². The van der Waals surface area contributed by atoms with Gasteiger partial charge < -0.3 is 15.6 Å². The van der Waals surface area contributed by atoms with Crippen LogP contribution in [0.4, 0.5) is 5.69 Å². The van der Waals surface area contributed by atoms with Gasteiger partial charge >= 0.3 is 0 Å². The number of nitrogens with zero attached hydrogens (tertiary/aromatic N) is 1. The first kappa shape index (κ1) is 12.4. The maximum Gasteiger partial charge on any atom is 0.122 e. The van der Waals surface area contributed by atoms with Gasteiger partial charge in [0.25, 0.3) is 0 Å². The number of hydrogen-bond donors (Lipinski definition) is 2. The topological polar surface area (TPSA) is 68.4 Å². The Kier molecular flexibility index (Phi) is 3.79. The normalized spacial score (nSPS) is 12.1. The van der Waals surface area contributed by atoms with E-state index in [-0.39, 0.29) is 0 Å². The molecule has 18 heavy (non-hydrogen) atoms. The summed E-state index contributed by atoms with van der Waals surface area (Å²) in [7, 11) is 1.61. The van der Waals surface area contributed by atoms with Crippen LogP contribution in [-0.2, 0) is 6.42 Å². The summed E-state index contributed by atoms with van der Waals surface area (Å²) in [5.41, 5.74) is 7.95. The van der Waals surface area contributed by atoms with Crippen LogP contribution < -0.4 is 10.5 Å². The van der Waals surface area contributed by atoms with Gasteiger partial charge in [-0.25, -0.2) is 0 Å². The molecule has 0 bridgehead atoms. The summed E-state index contributed by atoms with van der Waals surface area (Å²) in [5.74, 6) is 0.763. The molecule has 2 rings (SSSR count). The fraction of sp³-hybridized carbons (Fsp3) is 0.214. The number of para-hydroxylation sites is 1. The number of aliphatic hydroxyl groups is 1. The van der Waals surface area contributed by atoms with E-state index in [1.807, 2.05) is 24.3 Å². The lowest BCUT2D eigenvalue weighted by Crippen LogP contribution is -2.06. The highest BCUT2D eigenvalue weighted by Crippen LogP contribution is 2.26. The molecule has 94 valence electrons. The lowest BCUT2D eigenvalue weighted by Gasteiger charge is -2.14. The molecule has 4 nitrogen and oxygen atoms in total. The molecule has 0 fully saturated rings. The van der Waals surface area contributed by atoms with Crippen LogP contribution in [0.3, 0.4) is 0 Å². The van der Waals surface area contributed by atoms with E-state index in [2.05, 4.69) is 4.98 Å². The second-order valence-electron chi connectivity index (χ2n) is 4.04. The maximum absolute atomic E-state index is 10.2. The summed E-state index contributed by atoms with van der Waals surface area (Å²) in [5, 5.41) is 10.2. The van der Waals surface area contributed by atoms with Crippen molar-refractivity contribution in [2.75, 3.05) is 12.8 Å².